The topological polar surface area (TPSA) is 61.4 Å². The van der Waals surface area contributed by atoms with E-state index in [1.54, 1.807) is 24.2 Å². The van der Waals surface area contributed by atoms with E-state index in [0.717, 1.165) is 24.5 Å². The third-order valence-corrected chi connectivity index (χ3v) is 5.17. The molecule has 0 spiro atoms. The molecule has 2 heterocycles. The van der Waals surface area contributed by atoms with E-state index in [-0.39, 0.29) is 5.91 Å². The van der Waals surface area contributed by atoms with Crippen LogP contribution in [0.2, 0.25) is 0 Å². The van der Waals surface area contributed by atoms with Crippen molar-refractivity contribution in [2.75, 3.05) is 35.3 Å². The second-order valence-electron chi connectivity index (χ2n) is 7.18. The SMILES string of the molecule is CN(C(=O)c1ccnc(Nc2ccc(N3CCCCC3)cc2)n1)c1ccccc1. The monoisotopic (exact) mass is 387 g/mol. The molecule has 0 radical (unpaired) electrons. The van der Waals surface area contributed by atoms with E-state index in [1.807, 2.05) is 42.5 Å². The quantitative estimate of drug-likeness (QED) is 0.699. The second kappa shape index (κ2) is 8.73. The maximum atomic E-state index is 12.8. The molecule has 1 saturated heterocycles. The Kier molecular flexibility index (Phi) is 5.70. The number of aromatic nitrogens is 2. The number of nitrogens with one attached hydrogen (secondary N) is 1. The molecule has 0 aliphatic carbocycles. The number of amides is 1. The van der Waals surface area contributed by atoms with Gasteiger partial charge in [-0.25, -0.2) is 9.97 Å². The van der Waals surface area contributed by atoms with Crippen molar-refractivity contribution < 1.29 is 4.79 Å². The second-order valence-corrected chi connectivity index (χ2v) is 7.18. The Bertz CT molecular complexity index is 953. The van der Waals surface area contributed by atoms with Crippen LogP contribution in [0.5, 0.6) is 0 Å². The Morgan fingerprint density at radius 3 is 2.41 bits per heavy atom. The summed E-state index contributed by atoms with van der Waals surface area (Å²) in [4.78, 5) is 25.4. The normalized spacial score (nSPS) is 13.8. The molecule has 29 heavy (non-hydrogen) atoms. The Morgan fingerprint density at radius 2 is 1.69 bits per heavy atom. The zero-order chi connectivity index (χ0) is 20.1. The first-order chi connectivity index (χ1) is 14.2. The number of rotatable bonds is 5. The van der Waals surface area contributed by atoms with E-state index in [1.165, 1.54) is 24.9 Å². The van der Waals surface area contributed by atoms with Gasteiger partial charge in [0.1, 0.15) is 5.69 Å². The summed E-state index contributed by atoms with van der Waals surface area (Å²) in [7, 11) is 1.74. The van der Waals surface area contributed by atoms with Crippen LogP contribution < -0.4 is 15.1 Å². The molecule has 0 bridgehead atoms. The van der Waals surface area contributed by atoms with Crippen molar-refractivity contribution in [2.45, 2.75) is 19.3 Å². The first kappa shape index (κ1) is 18.9. The molecule has 2 aromatic carbocycles. The van der Waals surface area contributed by atoms with Gasteiger partial charge in [0.2, 0.25) is 5.95 Å². The van der Waals surface area contributed by atoms with Crippen LogP contribution in [0.1, 0.15) is 29.8 Å². The lowest BCUT2D eigenvalue weighted by Gasteiger charge is -2.28. The minimum Gasteiger partial charge on any atom is -0.372 e. The minimum atomic E-state index is -0.179. The average molecular weight is 387 g/mol. The molecule has 6 nitrogen and oxygen atoms in total. The van der Waals surface area contributed by atoms with Gasteiger partial charge >= 0.3 is 0 Å². The van der Waals surface area contributed by atoms with Crippen LogP contribution in [0.25, 0.3) is 0 Å². The Balaban J connectivity index is 1.45. The Morgan fingerprint density at radius 1 is 0.966 bits per heavy atom. The van der Waals surface area contributed by atoms with E-state index in [0.29, 0.717) is 11.6 Å². The van der Waals surface area contributed by atoms with Crippen molar-refractivity contribution in [3.05, 3.63) is 72.6 Å². The number of para-hydroxylation sites is 1. The van der Waals surface area contributed by atoms with Gasteiger partial charge < -0.3 is 15.1 Å². The fourth-order valence-electron chi connectivity index (χ4n) is 3.52. The van der Waals surface area contributed by atoms with Crippen molar-refractivity contribution >= 4 is 28.9 Å². The summed E-state index contributed by atoms with van der Waals surface area (Å²) in [6.45, 7) is 2.24. The number of carbonyl (C=O) groups excluding carboxylic acids is 1. The number of benzene rings is 2. The fourth-order valence-corrected chi connectivity index (χ4v) is 3.52. The standard InChI is InChI=1S/C23H25N5O/c1-27(19-8-4-2-5-9-19)22(29)21-14-15-24-23(26-21)25-18-10-12-20(13-11-18)28-16-6-3-7-17-28/h2,4-5,8-15H,3,6-7,16-17H2,1H3,(H,24,25,26). The lowest BCUT2D eigenvalue weighted by atomic mass is 10.1. The highest BCUT2D eigenvalue weighted by atomic mass is 16.2. The van der Waals surface area contributed by atoms with Crippen molar-refractivity contribution in [2.24, 2.45) is 0 Å². The summed E-state index contributed by atoms with van der Waals surface area (Å²) in [6.07, 6.45) is 5.43. The Hall–Kier alpha value is -3.41. The van der Waals surface area contributed by atoms with Gasteiger partial charge in [0, 0.05) is 43.4 Å². The number of anilines is 4. The molecule has 1 fully saturated rings. The van der Waals surface area contributed by atoms with Gasteiger partial charge in [-0.2, -0.15) is 0 Å². The molecule has 0 unspecified atom stereocenters. The zero-order valence-corrected chi connectivity index (χ0v) is 16.6. The predicted molar refractivity (Wildman–Crippen MR) is 117 cm³/mol. The third-order valence-electron chi connectivity index (χ3n) is 5.17. The molecule has 1 amide bonds. The van der Waals surface area contributed by atoms with Crippen molar-refractivity contribution in [3.8, 4) is 0 Å². The van der Waals surface area contributed by atoms with Gasteiger partial charge in [0.05, 0.1) is 0 Å². The summed E-state index contributed by atoms with van der Waals surface area (Å²) in [5.74, 6) is 0.227. The summed E-state index contributed by atoms with van der Waals surface area (Å²) in [5.41, 5.74) is 3.30. The maximum absolute atomic E-state index is 12.8. The van der Waals surface area contributed by atoms with Crippen molar-refractivity contribution in [1.29, 1.82) is 0 Å². The highest BCUT2D eigenvalue weighted by Crippen LogP contribution is 2.23. The average Bonchev–Trinajstić information content (AvgIpc) is 2.80. The van der Waals surface area contributed by atoms with Crippen molar-refractivity contribution in [1.82, 2.24) is 9.97 Å². The van der Waals surface area contributed by atoms with E-state index in [4.69, 9.17) is 0 Å². The first-order valence-electron chi connectivity index (χ1n) is 9.99. The minimum absolute atomic E-state index is 0.179. The third kappa shape index (κ3) is 4.54. The molecular weight excluding hydrogens is 362 g/mol. The molecule has 6 heteroatoms. The number of piperidine rings is 1. The van der Waals surface area contributed by atoms with Gasteiger partial charge in [0.15, 0.2) is 0 Å². The molecule has 1 aromatic heterocycles. The summed E-state index contributed by atoms with van der Waals surface area (Å²) >= 11 is 0. The molecule has 1 N–H and O–H groups in total. The van der Waals surface area contributed by atoms with Gasteiger partial charge in [-0.15, -0.1) is 0 Å². The molecule has 148 valence electrons. The molecule has 3 aromatic rings. The van der Waals surface area contributed by atoms with Crippen LogP contribution >= 0.6 is 0 Å². The van der Waals surface area contributed by atoms with Crippen LogP contribution in [0.3, 0.4) is 0 Å². The first-order valence-corrected chi connectivity index (χ1v) is 9.99. The maximum Gasteiger partial charge on any atom is 0.276 e. The van der Waals surface area contributed by atoms with E-state index in [9.17, 15) is 4.79 Å². The van der Waals surface area contributed by atoms with Crippen molar-refractivity contribution in [3.63, 3.8) is 0 Å². The van der Waals surface area contributed by atoms with Gasteiger partial charge in [-0.05, 0) is 61.7 Å². The lowest BCUT2D eigenvalue weighted by Crippen LogP contribution is -2.29. The van der Waals surface area contributed by atoms with Gasteiger partial charge in [0.25, 0.3) is 5.91 Å². The number of hydrogen-bond donors (Lipinski definition) is 1. The summed E-state index contributed by atoms with van der Waals surface area (Å²) < 4.78 is 0. The zero-order valence-electron chi connectivity index (χ0n) is 16.6. The molecule has 0 atom stereocenters. The van der Waals surface area contributed by atoms with E-state index < -0.39 is 0 Å². The lowest BCUT2D eigenvalue weighted by molar-refractivity contribution is 0.0988. The van der Waals surface area contributed by atoms with Crippen LogP contribution in [-0.2, 0) is 0 Å². The van der Waals surface area contributed by atoms with Crippen LogP contribution in [0.4, 0.5) is 23.0 Å². The smallest absolute Gasteiger partial charge is 0.276 e. The molecule has 1 aliphatic heterocycles. The summed E-state index contributed by atoms with van der Waals surface area (Å²) in [5, 5.41) is 3.20. The molecule has 4 rings (SSSR count). The predicted octanol–water partition coefficient (Wildman–Crippen LogP) is 4.49. The van der Waals surface area contributed by atoms with E-state index >= 15 is 0 Å². The molecule has 0 saturated carbocycles. The van der Waals surface area contributed by atoms with E-state index in [2.05, 4.69) is 32.3 Å². The Labute approximate surface area is 171 Å². The highest BCUT2D eigenvalue weighted by molar-refractivity contribution is 6.04. The molecule has 1 aliphatic rings. The summed E-state index contributed by atoms with van der Waals surface area (Å²) in [6, 6.07) is 19.4. The van der Waals surface area contributed by atoms with Crippen LogP contribution in [0, 0.1) is 0 Å². The van der Waals surface area contributed by atoms with Crippen LogP contribution in [0.15, 0.2) is 66.9 Å². The van der Waals surface area contributed by atoms with Crippen LogP contribution in [-0.4, -0.2) is 36.0 Å². The highest BCUT2D eigenvalue weighted by Gasteiger charge is 2.16. The fraction of sp³-hybridized carbons (Fsp3) is 0.261. The number of hydrogen-bond acceptors (Lipinski definition) is 5. The van der Waals surface area contributed by atoms with Gasteiger partial charge in [-0.1, -0.05) is 18.2 Å². The van der Waals surface area contributed by atoms with Gasteiger partial charge in [-0.3, -0.25) is 4.79 Å². The number of nitrogens with zero attached hydrogens (tertiary/aromatic N) is 4. The molecular formula is C23H25N5O. The largest absolute Gasteiger partial charge is 0.372 e. The number of carbonyl (C=O) groups is 1.